The van der Waals surface area contributed by atoms with E-state index in [0.717, 1.165) is 5.69 Å². The van der Waals surface area contributed by atoms with E-state index < -0.39 is 5.82 Å². The van der Waals surface area contributed by atoms with Crippen molar-refractivity contribution in [1.82, 2.24) is 5.43 Å². The van der Waals surface area contributed by atoms with Gasteiger partial charge in [0.25, 0.3) is 0 Å². The molecule has 0 bridgehead atoms. The zero-order valence-electron chi connectivity index (χ0n) is 10.4. The third kappa shape index (κ3) is 3.36. The zero-order chi connectivity index (χ0) is 13.7. The third-order valence-corrected chi connectivity index (χ3v) is 2.92. The van der Waals surface area contributed by atoms with Gasteiger partial charge in [0.05, 0.1) is 12.1 Å². The maximum atomic E-state index is 14.0. The number of hydrogen-bond donors (Lipinski definition) is 2. The molecular formula is C14H14ClFN2O. The quantitative estimate of drug-likeness (QED) is 0.821. The van der Waals surface area contributed by atoms with Gasteiger partial charge in [0.1, 0.15) is 0 Å². The van der Waals surface area contributed by atoms with Crippen molar-refractivity contribution in [1.29, 1.82) is 0 Å². The molecule has 0 aromatic heterocycles. The standard InChI is InChI=1S/C14H14ClFN2O/c1-19-14-12(15)8-7-10(13(14)16)9-17-18-11-5-3-2-4-6-11/h2-8,17-18H,9H2,1H3. The molecule has 0 radical (unpaired) electrons. The molecule has 100 valence electrons. The van der Waals surface area contributed by atoms with Crippen LogP contribution in [-0.4, -0.2) is 7.11 Å². The van der Waals surface area contributed by atoms with Crippen molar-refractivity contribution in [3.63, 3.8) is 0 Å². The predicted molar refractivity (Wildman–Crippen MR) is 74.9 cm³/mol. The maximum absolute atomic E-state index is 14.0. The number of nitrogens with one attached hydrogen (secondary N) is 2. The highest BCUT2D eigenvalue weighted by atomic mass is 35.5. The number of rotatable bonds is 5. The average Bonchev–Trinajstić information content (AvgIpc) is 2.43. The van der Waals surface area contributed by atoms with E-state index in [1.807, 2.05) is 30.3 Å². The number of benzene rings is 2. The van der Waals surface area contributed by atoms with Gasteiger partial charge in [0.2, 0.25) is 0 Å². The predicted octanol–water partition coefficient (Wildman–Crippen LogP) is 3.60. The van der Waals surface area contributed by atoms with Crippen LogP contribution in [0.25, 0.3) is 0 Å². The molecule has 2 aromatic carbocycles. The molecule has 0 saturated heterocycles. The number of hydrogen-bond acceptors (Lipinski definition) is 3. The van der Waals surface area contributed by atoms with E-state index in [1.165, 1.54) is 7.11 Å². The fraction of sp³-hybridized carbons (Fsp3) is 0.143. The number of hydrazine groups is 1. The van der Waals surface area contributed by atoms with E-state index in [0.29, 0.717) is 12.1 Å². The topological polar surface area (TPSA) is 33.3 Å². The van der Waals surface area contributed by atoms with Gasteiger partial charge in [-0.2, -0.15) is 0 Å². The Morgan fingerprint density at radius 3 is 2.58 bits per heavy atom. The monoisotopic (exact) mass is 280 g/mol. The van der Waals surface area contributed by atoms with E-state index in [-0.39, 0.29) is 10.8 Å². The van der Waals surface area contributed by atoms with Crippen molar-refractivity contribution in [3.8, 4) is 5.75 Å². The molecule has 0 aliphatic carbocycles. The van der Waals surface area contributed by atoms with Crippen molar-refractivity contribution in [3.05, 3.63) is 58.9 Å². The Balaban J connectivity index is 2.00. The Labute approximate surface area is 116 Å². The first kappa shape index (κ1) is 13.6. The second-order valence-electron chi connectivity index (χ2n) is 3.90. The summed E-state index contributed by atoms with van der Waals surface area (Å²) in [5.41, 5.74) is 7.31. The van der Waals surface area contributed by atoms with E-state index in [9.17, 15) is 4.39 Å². The minimum atomic E-state index is -0.447. The second kappa shape index (κ2) is 6.41. The van der Waals surface area contributed by atoms with Crippen LogP contribution in [0, 0.1) is 5.82 Å². The van der Waals surface area contributed by atoms with Gasteiger partial charge < -0.3 is 10.2 Å². The molecule has 2 rings (SSSR count). The minimum absolute atomic E-state index is 0.0701. The van der Waals surface area contributed by atoms with Crippen molar-refractivity contribution < 1.29 is 9.13 Å². The van der Waals surface area contributed by atoms with Crippen molar-refractivity contribution >= 4 is 17.3 Å². The van der Waals surface area contributed by atoms with Crippen LogP contribution in [0.1, 0.15) is 5.56 Å². The van der Waals surface area contributed by atoms with E-state index in [4.69, 9.17) is 16.3 Å². The van der Waals surface area contributed by atoms with Gasteiger partial charge >= 0.3 is 0 Å². The van der Waals surface area contributed by atoms with Crippen LogP contribution in [0.15, 0.2) is 42.5 Å². The Kier molecular flexibility index (Phi) is 4.60. The first-order chi connectivity index (χ1) is 9.22. The molecule has 0 aliphatic heterocycles. The lowest BCUT2D eigenvalue weighted by atomic mass is 10.2. The van der Waals surface area contributed by atoms with Gasteiger partial charge in [-0.15, -0.1) is 0 Å². The highest BCUT2D eigenvalue weighted by molar-refractivity contribution is 6.32. The molecule has 19 heavy (non-hydrogen) atoms. The lowest BCUT2D eigenvalue weighted by molar-refractivity contribution is 0.384. The molecular weight excluding hydrogens is 267 g/mol. The van der Waals surface area contributed by atoms with Gasteiger partial charge in [-0.25, -0.2) is 9.82 Å². The summed E-state index contributed by atoms with van der Waals surface area (Å²) in [6, 6.07) is 12.8. The number of para-hydroxylation sites is 1. The minimum Gasteiger partial charge on any atom is -0.492 e. The Bertz CT molecular complexity index is 549. The summed E-state index contributed by atoms with van der Waals surface area (Å²) in [4.78, 5) is 0. The van der Waals surface area contributed by atoms with Crippen LogP contribution in [-0.2, 0) is 6.54 Å². The summed E-state index contributed by atoms with van der Waals surface area (Å²) in [6.07, 6.45) is 0. The molecule has 3 nitrogen and oxygen atoms in total. The van der Waals surface area contributed by atoms with Crippen LogP contribution in [0.3, 0.4) is 0 Å². The van der Waals surface area contributed by atoms with Crippen LogP contribution in [0.5, 0.6) is 5.75 Å². The Morgan fingerprint density at radius 1 is 1.16 bits per heavy atom. The highest BCUT2D eigenvalue weighted by Crippen LogP contribution is 2.29. The molecule has 0 heterocycles. The smallest absolute Gasteiger partial charge is 0.173 e. The van der Waals surface area contributed by atoms with Crippen LogP contribution < -0.4 is 15.6 Å². The molecule has 2 N–H and O–H groups in total. The molecule has 0 unspecified atom stereocenters. The first-order valence-electron chi connectivity index (χ1n) is 5.77. The van der Waals surface area contributed by atoms with Gasteiger partial charge in [-0.3, -0.25) is 0 Å². The van der Waals surface area contributed by atoms with Crippen LogP contribution in [0.2, 0.25) is 5.02 Å². The van der Waals surface area contributed by atoms with Crippen LogP contribution >= 0.6 is 11.6 Å². The van der Waals surface area contributed by atoms with Crippen molar-refractivity contribution in [2.75, 3.05) is 12.5 Å². The summed E-state index contributed by atoms with van der Waals surface area (Å²) >= 11 is 5.83. The Morgan fingerprint density at radius 2 is 1.89 bits per heavy atom. The van der Waals surface area contributed by atoms with E-state index >= 15 is 0 Å². The lowest BCUT2D eigenvalue weighted by Gasteiger charge is -2.11. The number of anilines is 1. The number of methoxy groups -OCH3 is 1. The normalized spacial score (nSPS) is 10.3. The molecule has 0 saturated carbocycles. The lowest BCUT2D eigenvalue weighted by Crippen LogP contribution is -2.21. The van der Waals surface area contributed by atoms with Crippen LogP contribution in [0.4, 0.5) is 10.1 Å². The zero-order valence-corrected chi connectivity index (χ0v) is 11.2. The second-order valence-corrected chi connectivity index (χ2v) is 4.31. The summed E-state index contributed by atoms with van der Waals surface area (Å²) < 4.78 is 18.9. The molecule has 2 aromatic rings. The van der Waals surface area contributed by atoms with Gasteiger partial charge in [0, 0.05) is 17.8 Å². The summed E-state index contributed by atoms with van der Waals surface area (Å²) in [5.74, 6) is -0.377. The summed E-state index contributed by atoms with van der Waals surface area (Å²) in [6.45, 7) is 0.314. The fourth-order valence-corrected chi connectivity index (χ4v) is 1.88. The molecule has 0 atom stereocenters. The molecule has 0 aliphatic rings. The van der Waals surface area contributed by atoms with E-state index in [1.54, 1.807) is 12.1 Å². The Hall–Kier alpha value is -1.78. The average molecular weight is 281 g/mol. The SMILES string of the molecule is COc1c(Cl)ccc(CNNc2ccccc2)c1F. The van der Waals surface area contributed by atoms with Gasteiger partial charge in [-0.05, 0) is 18.2 Å². The largest absolute Gasteiger partial charge is 0.492 e. The fourth-order valence-electron chi connectivity index (χ4n) is 1.66. The molecule has 0 spiro atoms. The van der Waals surface area contributed by atoms with Crippen molar-refractivity contribution in [2.24, 2.45) is 0 Å². The van der Waals surface area contributed by atoms with Gasteiger partial charge in [0.15, 0.2) is 11.6 Å². The summed E-state index contributed by atoms with van der Waals surface area (Å²) in [5, 5.41) is 0.264. The number of ether oxygens (including phenoxy) is 1. The molecule has 0 fully saturated rings. The third-order valence-electron chi connectivity index (χ3n) is 2.62. The molecule has 5 heteroatoms. The summed E-state index contributed by atoms with van der Waals surface area (Å²) in [7, 11) is 1.39. The van der Waals surface area contributed by atoms with Gasteiger partial charge in [-0.1, -0.05) is 35.9 Å². The number of halogens is 2. The first-order valence-corrected chi connectivity index (χ1v) is 6.15. The maximum Gasteiger partial charge on any atom is 0.173 e. The highest BCUT2D eigenvalue weighted by Gasteiger charge is 2.12. The van der Waals surface area contributed by atoms with Crippen molar-refractivity contribution in [2.45, 2.75) is 6.54 Å². The van der Waals surface area contributed by atoms with E-state index in [2.05, 4.69) is 10.9 Å². The molecule has 0 amide bonds.